The zero-order valence-corrected chi connectivity index (χ0v) is 12.8. The van der Waals surface area contributed by atoms with Gasteiger partial charge in [-0.15, -0.1) is 0 Å². The summed E-state index contributed by atoms with van der Waals surface area (Å²) in [6.45, 7) is 0.803. The smallest absolute Gasteiger partial charge is 0.177 e. The van der Waals surface area contributed by atoms with Crippen LogP contribution in [0.3, 0.4) is 0 Å². The molecule has 0 aliphatic carbocycles. The summed E-state index contributed by atoms with van der Waals surface area (Å²) < 4.78 is 30.8. The molecule has 0 amide bonds. The predicted octanol–water partition coefficient (Wildman–Crippen LogP) is 3.38. The van der Waals surface area contributed by atoms with Crippen LogP contribution in [0.15, 0.2) is 16.6 Å². The molecule has 1 aromatic heterocycles. The quantitative estimate of drug-likeness (QED) is 0.637. The minimum absolute atomic E-state index is 0.112. The molecule has 0 spiro atoms. The number of fused-ring (bicyclic) bond motifs is 1. The maximum atomic E-state index is 14.2. The van der Waals surface area contributed by atoms with Gasteiger partial charge in [-0.1, -0.05) is 0 Å². The number of imidazole rings is 1. The van der Waals surface area contributed by atoms with Gasteiger partial charge in [0.15, 0.2) is 4.77 Å². The fourth-order valence-corrected chi connectivity index (χ4v) is 3.43. The van der Waals surface area contributed by atoms with Crippen molar-refractivity contribution in [3.05, 3.63) is 50.0 Å². The van der Waals surface area contributed by atoms with Crippen LogP contribution < -0.4 is 5.73 Å². The standard InChI is InChI=1S/C13H12BrF2N3S/c14-7-1-2-8(15)11(12(7)16)6-3-10-9(4-17)18-13(20)19(10)5-6/h1-2,6H,3-5,17H2,(H,18,20)/t6-/m1/s1. The predicted molar refractivity (Wildman–Crippen MR) is 78.0 cm³/mol. The molecule has 1 aliphatic rings. The van der Waals surface area contributed by atoms with Gasteiger partial charge in [0.1, 0.15) is 11.6 Å². The van der Waals surface area contributed by atoms with Crippen LogP contribution in [-0.4, -0.2) is 9.55 Å². The monoisotopic (exact) mass is 359 g/mol. The highest BCUT2D eigenvalue weighted by Gasteiger charge is 2.31. The van der Waals surface area contributed by atoms with E-state index in [-0.39, 0.29) is 16.0 Å². The first-order valence-electron chi connectivity index (χ1n) is 6.17. The van der Waals surface area contributed by atoms with Crippen molar-refractivity contribution >= 4 is 28.1 Å². The number of benzene rings is 1. The zero-order chi connectivity index (χ0) is 14.4. The molecule has 1 aromatic carbocycles. The Morgan fingerprint density at radius 2 is 2.20 bits per heavy atom. The lowest BCUT2D eigenvalue weighted by Gasteiger charge is -2.13. The van der Waals surface area contributed by atoms with Crippen LogP contribution in [0.1, 0.15) is 22.9 Å². The number of rotatable bonds is 2. The lowest BCUT2D eigenvalue weighted by molar-refractivity contribution is 0.509. The van der Waals surface area contributed by atoms with Crippen molar-refractivity contribution in [2.45, 2.75) is 25.4 Å². The number of hydrogen-bond donors (Lipinski definition) is 2. The van der Waals surface area contributed by atoms with Crippen molar-refractivity contribution in [1.29, 1.82) is 0 Å². The summed E-state index contributed by atoms with van der Waals surface area (Å²) >= 11 is 8.32. The van der Waals surface area contributed by atoms with E-state index in [9.17, 15) is 8.78 Å². The van der Waals surface area contributed by atoms with Crippen LogP contribution >= 0.6 is 28.1 Å². The highest BCUT2D eigenvalue weighted by Crippen LogP contribution is 2.36. The Morgan fingerprint density at radius 3 is 2.90 bits per heavy atom. The summed E-state index contributed by atoms with van der Waals surface area (Å²) in [5.41, 5.74) is 7.56. The van der Waals surface area contributed by atoms with E-state index in [1.54, 1.807) is 0 Å². The van der Waals surface area contributed by atoms with Crippen LogP contribution in [-0.2, 0) is 19.5 Å². The van der Waals surface area contributed by atoms with E-state index >= 15 is 0 Å². The van der Waals surface area contributed by atoms with Gasteiger partial charge in [0.25, 0.3) is 0 Å². The largest absolute Gasteiger partial charge is 0.333 e. The SMILES string of the molecule is NCc1[nH]c(=S)n2c1C[C@@H](c1c(F)ccc(Br)c1F)C2. The molecular weight excluding hydrogens is 348 g/mol. The summed E-state index contributed by atoms with van der Waals surface area (Å²) in [7, 11) is 0. The molecule has 1 atom stereocenters. The van der Waals surface area contributed by atoms with Gasteiger partial charge in [-0.25, -0.2) is 8.78 Å². The van der Waals surface area contributed by atoms with E-state index in [0.29, 0.717) is 24.3 Å². The van der Waals surface area contributed by atoms with Crippen LogP contribution in [0.25, 0.3) is 0 Å². The molecule has 0 fully saturated rings. The second kappa shape index (κ2) is 5.05. The molecule has 0 saturated carbocycles. The van der Waals surface area contributed by atoms with E-state index in [0.717, 1.165) is 11.4 Å². The molecule has 1 aliphatic heterocycles. The van der Waals surface area contributed by atoms with Gasteiger partial charge in [0, 0.05) is 30.3 Å². The molecular formula is C13H12BrF2N3S. The maximum Gasteiger partial charge on any atom is 0.177 e. The molecule has 3 nitrogen and oxygen atoms in total. The number of H-pyrrole nitrogens is 1. The second-order valence-corrected chi connectivity index (χ2v) is 6.07. The van der Waals surface area contributed by atoms with Gasteiger partial charge in [-0.2, -0.15) is 0 Å². The third-order valence-corrected chi connectivity index (χ3v) is 4.65. The molecule has 2 heterocycles. The molecule has 2 aromatic rings. The topological polar surface area (TPSA) is 46.7 Å². The number of hydrogen-bond acceptors (Lipinski definition) is 2. The molecule has 3 N–H and O–H groups in total. The van der Waals surface area contributed by atoms with Crippen molar-refractivity contribution in [2.75, 3.05) is 0 Å². The normalized spacial score (nSPS) is 17.5. The number of aromatic amines is 1. The Balaban J connectivity index is 2.05. The van der Waals surface area contributed by atoms with Crippen LogP contribution in [0.4, 0.5) is 8.78 Å². The summed E-state index contributed by atoms with van der Waals surface area (Å²) in [4.78, 5) is 3.03. The fraction of sp³-hybridized carbons (Fsp3) is 0.308. The summed E-state index contributed by atoms with van der Waals surface area (Å²) in [6.07, 6.45) is 0.532. The van der Waals surface area contributed by atoms with E-state index in [1.807, 2.05) is 4.57 Å². The molecule has 0 saturated heterocycles. The number of nitrogens with two attached hydrogens (primary N) is 1. The van der Waals surface area contributed by atoms with Gasteiger partial charge in [0.05, 0.1) is 10.2 Å². The van der Waals surface area contributed by atoms with Crippen LogP contribution in [0.5, 0.6) is 0 Å². The van der Waals surface area contributed by atoms with Gasteiger partial charge < -0.3 is 15.3 Å². The summed E-state index contributed by atoms with van der Waals surface area (Å²) in [6, 6.07) is 2.65. The molecule has 20 heavy (non-hydrogen) atoms. The molecule has 106 valence electrons. The van der Waals surface area contributed by atoms with Gasteiger partial charge in [-0.05, 0) is 46.7 Å². The fourth-order valence-electron chi connectivity index (χ4n) is 2.78. The molecule has 3 rings (SSSR count). The van der Waals surface area contributed by atoms with Crippen molar-refractivity contribution in [2.24, 2.45) is 5.73 Å². The Hall–Kier alpha value is -1.05. The average Bonchev–Trinajstić information content (AvgIpc) is 2.96. The number of nitrogens with zero attached hydrogens (tertiary/aromatic N) is 1. The van der Waals surface area contributed by atoms with Gasteiger partial charge in [-0.3, -0.25) is 0 Å². The van der Waals surface area contributed by atoms with Crippen molar-refractivity contribution in [3.63, 3.8) is 0 Å². The van der Waals surface area contributed by atoms with Crippen molar-refractivity contribution < 1.29 is 8.78 Å². The second-order valence-electron chi connectivity index (χ2n) is 4.83. The van der Waals surface area contributed by atoms with E-state index < -0.39 is 11.6 Å². The molecule has 0 unspecified atom stereocenters. The first-order valence-corrected chi connectivity index (χ1v) is 7.37. The van der Waals surface area contributed by atoms with E-state index in [2.05, 4.69) is 20.9 Å². The van der Waals surface area contributed by atoms with Crippen LogP contribution in [0.2, 0.25) is 0 Å². The first kappa shape index (κ1) is 13.9. The highest BCUT2D eigenvalue weighted by molar-refractivity contribution is 9.10. The summed E-state index contributed by atoms with van der Waals surface area (Å²) in [5, 5.41) is 0. The van der Waals surface area contributed by atoms with Crippen molar-refractivity contribution in [1.82, 2.24) is 9.55 Å². The number of halogens is 3. The average molecular weight is 360 g/mol. The lowest BCUT2D eigenvalue weighted by atomic mass is 9.95. The minimum atomic E-state index is -0.537. The minimum Gasteiger partial charge on any atom is -0.333 e. The van der Waals surface area contributed by atoms with E-state index in [4.69, 9.17) is 18.0 Å². The summed E-state index contributed by atoms with van der Waals surface area (Å²) in [5.74, 6) is -1.32. The Bertz CT molecular complexity index is 738. The molecule has 7 heteroatoms. The van der Waals surface area contributed by atoms with Gasteiger partial charge in [0.2, 0.25) is 0 Å². The highest BCUT2D eigenvalue weighted by atomic mass is 79.9. The zero-order valence-electron chi connectivity index (χ0n) is 10.4. The first-order chi connectivity index (χ1) is 9.52. The third-order valence-electron chi connectivity index (χ3n) is 3.71. The van der Waals surface area contributed by atoms with E-state index in [1.165, 1.54) is 12.1 Å². The Labute approximate surface area is 127 Å². The molecule has 0 radical (unpaired) electrons. The van der Waals surface area contributed by atoms with Crippen LogP contribution in [0, 0.1) is 16.4 Å². The Kier molecular flexibility index (Phi) is 3.51. The lowest BCUT2D eigenvalue weighted by Crippen LogP contribution is -2.08. The Morgan fingerprint density at radius 1 is 1.45 bits per heavy atom. The molecule has 0 bridgehead atoms. The van der Waals surface area contributed by atoms with Crippen molar-refractivity contribution in [3.8, 4) is 0 Å². The third kappa shape index (κ3) is 2.04. The van der Waals surface area contributed by atoms with Gasteiger partial charge >= 0.3 is 0 Å². The number of nitrogens with one attached hydrogen (secondary N) is 1. The maximum absolute atomic E-state index is 14.2. The number of aromatic nitrogens is 2.